The number of ketones is 1. The standard InChI is InChI=1S/C16H18N2O3/c1-11(19)12-3-6-15(21-2)13(9-12)10-17-7-8-18(16(17)20)14-4-5-14/h3,6-9,14H,4-5,10H2,1-2H3. The Morgan fingerprint density at radius 1 is 1.33 bits per heavy atom. The zero-order valence-electron chi connectivity index (χ0n) is 12.2. The number of benzene rings is 1. The van der Waals surface area contributed by atoms with Crippen molar-refractivity contribution in [1.29, 1.82) is 0 Å². The first-order valence-corrected chi connectivity index (χ1v) is 7.05. The molecule has 2 aromatic rings. The van der Waals surface area contributed by atoms with Crippen LogP contribution in [0.1, 0.15) is 41.7 Å². The van der Waals surface area contributed by atoms with Gasteiger partial charge in [0.05, 0.1) is 13.7 Å². The molecule has 5 nitrogen and oxygen atoms in total. The highest BCUT2D eigenvalue weighted by Crippen LogP contribution is 2.33. The Labute approximate surface area is 122 Å². The second kappa shape index (κ2) is 5.24. The van der Waals surface area contributed by atoms with E-state index < -0.39 is 0 Å². The van der Waals surface area contributed by atoms with Crippen LogP contribution in [0.5, 0.6) is 5.75 Å². The summed E-state index contributed by atoms with van der Waals surface area (Å²) in [7, 11) is 1.59. The lowest BCUT2D eigenvalue weighted by Crippen LogP contribution is -2.24. The molecule has 1 fully saturated rings. The molecule has 21 heavy (non-hydrogen) atoms. The van der Waals surface area contributed by atoms with E-state index in [9.17, 15) is 9.59 Å². The van der Waals surface area contributed by atoms with Gasteiger partial charge >= 0.3 is 5.69 Å². The summed E-state index contributed by atoms with van der Waals surface area (Å²) in [4.78, 5) is 23.8. The zero-order chi connectivity index (χ0) is 15.0. The first-order valence-electron chi connectivity index (χ1n) is 7.05. The molecule has 3 rings (SSSR count). The monoisotopic (exact) mass is 286 g/mol. The summed E-state index contributed by atoms with van der Waals surface area (Å²) in [5.74, 6) is 0.688. The van der Waals surface area contributed by atoms with Gasteiger partial charge in [0.25, 0.3) is 0 Å². The number of carbonyl (C=O) groups is 1. The van der Waals surface area contributed by atoms with Gasteiger partial charge in [-0.05, 0) is 38.0 Å². The lowest BCUT2D eigenvalue weighted by atomic mass is 10.1. The molecule has 0 aliphatic heterocycles. The number of Topliss-reactive ketones (excluding diaryl/α,β-unsaturated/α-hetero) is 1. The van der Waals surface area contributed by atoms with Crippen molar-refractivity contribution in [2.24, 2.45) is 0 Å². The van der Waals surface area contributed by atoms with Gasteiger partial charge in [0, 0.05) is 29.6 Å². The molecule has 1 aromatic heterocycles. The third kappa shape index (κ3) is 2.63. The minimum Gasteiger partial charge on any atom is -0.496 e. The Morgan fingerprint density at radius 2 is 2.10 bits per heavy atom. The number of carbonyl (C=O) groups excluding carboxylic acids is 1. The molecule has 1 aromatic carbocycles. The predicted molar refractivity (Wildman–Crippen MR) is 79.1 cm³/mol. The summed E-state index contributed by atoms with van der Waals surface area (Å²) in [6.45, 7) is 1.93. The summed E-state index contributed by atoms with van der Waals surface area (Å²) in [6.07, 6.45) is 5.78. The maximum atomic E-state index is 12.3. The van der Waals surface area contributed by atoms with Crippen molar-refractivity contribution in [3.8, 4) is 5.75 Å². The number of imidazole rings is 1. The van der Waals surface area contributed by atoms with Gasteiger partial charge in [-0.25, -0.2) is 4.79 Å². The third-order valence-corrected chi connectivity index (χ3v) is 3.84. The van der Waals surface area contributed by atoms with Crippen LogP contribution in [0.2, 0.25) is 0 Å². The van der Waals surface area contributed by atoms with Gasteiger partial charge in [0.1, 0.15) is 5.75 Å². The van der Waals surface area contributed by atoms with Gasteiger partial charge in [-0.3, -0.25) is 13.9 Å². The fourth-order valence-electron chi connectivity index (χ4n) is 2.48. The molecule has 0 saturated heterocycles. The predicted octanol–water partition coefficient (Wildman–Crippen LogP) is 2.24. The molecule has 1 aliphatic carbocycles. The quantitative estimate of drug-likeness (QED) is 0.792. The summed E-state index contributed by atoms with van der Waals surface area (Å²) in [5.41, 5.74) is 1.45. The van der Waals surface area contributed by atoms with Crippen LogP contribution in [0.25, 0.3) is 0 Å². The van der Waals surface area contributed by atoms with Crippen molar-refractivity contribution >= 4 is 5.78 Å². The van der Waals surface area contributed by atoms with Gasteiger partial charge < -0.3 is 4.74 Å². The molecule has 0 unspecified atom stereocenters. The average Bonchev–Trinajstić information content (AvgIpc) is 3.25. The number of rotatable bonds is 5. The highest BCUT2D eigenvalue weighted by atomic mass is 16.5. The minimum absolute atomic E-state index is 0.00167. The third-order valence-electron chi connectivity index (χ3n) is 3.84. The molecular formula is C16H18N2O3. The Balaban J connectivity index is 1.94. The SMILES string of the molecule is COc1ccc(C(C)=O)cc1Cn1ccn(C2CC2)c1=O. The fourth-order valence-corrected chi connectivity index (χ4v) is 2.48. The summed E-state index contributed by atoms with van der Waals surface area (Å²) in [5, 5.41) is 0. The van der Waals surface area contributed by atoms with E-state index in [0.717, 1.165) is 18.4 Å². The largest absolute Gasteiger partial charge is 0.496 e. The first-order chi connectivity index (χ1) is 10.1. The van der Waals surface area contributed by atoms with Crippen molar-refractivity contribution < 1.29 is 9.53 Å². The number of nitrogens with zero attached hydrogens (tertiary/aromatic N) is 2. The number of hydrogen-bond donors (Lipinski definition) is 0. The molecule has 0 atom stereocenters. The molecule has 0 N–H and O–H groups in total. The van der Waals surface area contributed by atoms with E-state index in [0.29, 0.717) is 23.9 Å². The Kier molecular flexibility index (Phi) is 3.41. The highest BCUT2D eigenvalue weighted by molar-refractivity contribution is 5.94. The second-order valence-corrected chi connectivity index (χ2v) is 5.43. The Bertz CT molecular complexity index is 738. The van der Waals surface area contributed by atoms with Crippen molar-refractivity contribution in [2.45, 2.75) is 32.4 Å². The van der Waals surface area contributed by atoms with Gasteiger partial charge in [-0.1, -0.05) is 0 Å². The van der Waals surface area contributed by atoms with Gasteiger partial charge in [-0.2, -0.15) is 0 Å². The maximum Gasteiger partial charge on any atom is 0.328 e. The molecule has 1 aliphatic rings. The number of methoxy groups -OCH3 is 1. The van der Waals surface area contributed by atoms with Crippen LogP contribution < -0.4 is 10.4 Å². The summed E-state index contributed by atoms with van der Waals surface area (Å²) in [6, 6.07) is 5.67. The van der Waals surface area contributed by atoms with Crippen LogP contribution in [-0.2, 0) is 6.54 Å². The zero-order valence-corrected chi connectivity index (χ0v) is 12.2. The van der Waals surface area contributed by atoms with Crippen LogP contribution in [0.3, 0.4) is 0 Å². The lowest BCUT2D eigenvalue weighted by molar-refractivity contribution is 0.101. The lowest BCUT2D eigenvalue weighted by Gasteiger charge is -2.10. The van der Waals surface area contributed by atoms with Crippen molar-refractivity contribution in [1.82, 2.24) is 9.13 Å². The summed E-state index contributed by atoms with van der Waals surface area (Å²) < 4.78 is 8.76. The molecule has 5 heteroatoms. The molecule has 0 amide bonds. The second-order valence-electron chi connectivity index (χ2n) is 5.43. The topological polar surface area (TPSA) is 53.2 Å². The summed E-state index contributed by atoms with van der Waals surface area (Å²) >= 11 is 0. The molecule has 0 radical (unpaired) electrons. The molecule has 1 heterocycles. The van der Waals surface area contributed by atoms with E-state index >= 15 is 0 Å². The molecule has 0 spiro atoms. The average molecular weight is 286 g/mol. The highest BCUT2D eigenvalue weighted by Gasteiger charge is 2.25. The molecule has 110 valence electrons. The maximum absolute atomic E-state index is 12.3. The van der Waals surface area contributed by atoms with E-state index in [1.54, 1.807) is 40.6 Å². The number of ether oxygens (including phenoxy) is 1. The number of aromatic nitrogens is 2. The molecular weight excluding hydrogens is 268 g/mol. The van der Waals surface area contributed by atoms with E-state index in [-0.39, 0.29) is 11.5 Å². The van der Waals surface area contributed by atoms with Crippen LogP contribution in [0.4, 0.5) is 0 Å². The molecule has 0 bridgehead atoms. The normalized spacial score (nSPS) is 14.2. The number of hydrogen-bond acceptors (Lipinski definition) is 3. The van der Waals surface area contributed by atoms with Gasteiger partial charge in [0.15, 0.2) is 5.78 Å². The van der Waals surface area contributed by atoms with Crippen LogP contribution in [-0.4, -0.2) is 22.0 Å². The van der Waals surface area contributed by atoms with Gasteiger partial charge in [-0.15, -0.1) is 0 Å². The van der Waals surface area contributed by atoms with Crippen molar-refractivity contribution in [2.75, 3.05) is 7.11 Å². The Morgan fingerprint density at radius 3 is 2.71 bits per heavy atom. The van der Waals surface area contributed by atoms with Crippen molar-refractivity contribution in [3.05, 3.63) is 52.2 Å². The molecule has 1 saturated carbocycles. The van der Waals surface area contributed by atoms with E-state index in [4.69, 9.17) is 4.74 Å². The fraction of sp³-hybridized carbons (Fsp3) is 0.375. The van der Waals surface area contributed by atoms with E-state index in [1.165, 1.54) is 6.92 Å². The van der Waals surface area contributed by atoms with E-state index in [2.05, 4.69) is 0 Å². The van der Waals surface area contributed by atoms with Gasteiger partial charge in [0.2, 0.25) is 0 Å². The minimum atomic E-state index is -0.00668. The van der Waals surface area contributed by atoms with E-state index in [1.807, 2.05) is 6.20 Å². The van der Waals surface area contributed by atoms with Crippen molar-refractivity contribution in [3.63, 3.8) is 0 Å². The Hall–Kier alpha value is -2.30. The first kappa shape index (κ1) is 13.7. The van der Waals surface area contributed by atoms with Crippen LogP contribution in [0.15, 0.2) is 35.4 Å². The smallest absolute Gasteiger partial charge is 0.328 e. The van der Waals surface area contributed by atoms with Crippen LogP contribution in [0, 0.1) is 0 Å². The van der Waals surface area contributed by atoms with Crippen LogP contribution >= 0.6 is 0 Å².